The van der Waals surface area contributed by atoms with Crippen molar-refractivity contribution in [3.05, 3.63) is 69.8 Å². The smallest absolute Gasteiger partial charge is 0.251 e. The minimum absolute atomic E-state index is 0.0889. The molecule has 6 rings (SSSR count). The average Bonchev–Trinajstić information content (AvgIpc) is 3.40. The van der Waals surface area contributed by atoms with Gasteiger partial charge in [-0.15, -0.1) is 5.10 Å². The van der Waals surface area contributed by atoms with E-state index in [4.69, 9.17) is 0 Å². The molecule has 0 aliphatic carbocycles. The van der Waals surface area contributed by atoms with Crippen LogP contribution in [0, 0.1) is 5.82 Å². The Kier molecular flexibility index (Phi) is 5.02. The predicted octanol–water partition coefficient (Wildman–Crippen LogP) is 2.60. The van der Waals surface area contributed by atoms with Crippen molar-refractivity contribution in [2.75, 3.05) is 19.6 Å². The Hall–Kier alpha value is -2.72. The molecular formula is C24H24FN5O2S. The van der Waals surface area contributed by atoms with Crippen LogP contribution < -0.4 is 10.9 Å². The summed E-state index contributed by atoms with van der Waals surface area (Å²) in [5.74, 6) is -0.453. The van der Waals surface area contributed by atoms with Crippen molar-refractivity contribution >= 4 is 32.7 Å². The molecule has 170 valence electrons. The molecule has 1 saturated heterocycles. The zero-order valence-electron chi connectivity index (χ0n) is 18.0. The summed E-state index contributed by atoms with van der Waals surface area (Å²) in [5.41, 5.74) is 1.28. The van der Waals surface area contributed by atoms with Gasteiger partial charge < -0.3 is 15.0 Å². The van der Waals surface area contributed by atoms with Crippen LogP contribution in [-0.4, -0.2) is 49.8 Å². The van der Waals surface area contributed by atoms with Gasteiger partial charge in [-0.05, 0) is 78.7 Å². The number of rotatable bonds is 5. The molecule has 33 heavy (non-hydrogen) atoms. The minimum Gasteiger partial charge on any atom is -0.382 e. The normalized spacial score (nSPS) is 21.4. The number of benzene rings is 2. The fourth-order valence-corrected chi connectivity index (χ4v) is 5.84. The molecule has 0 amide bonds. The third kappa shape index (κ3) is 3.65. The molecule has 2 aliphatic rings. The van der Waals surface area contributed by atoms with Crippen molar-refractivity contribution in [2.24, 2.45) is 0 Å². The van der Waals surface area contributed by atoms with E-state index in [0.29, 0.717) is 18.1 Å². The van der Waals surface area contributed by atoms with E-state index in [1.165, 1.54) is 33.8 Å². The van der Waals surface area contributed by atoms with Gasteiger partial charge in [-0.25, -0.2) is 4.39 Å². The van der Waals surface area contributed by atoms with Crippen molar-refractivity contribution in [3.8, 4) is 0 Å². The molecule has 0 spiro atoms. The number of likely N-dealkylation sites (tertiary alicyclic amines) is 1. The first-order chi connectivity index (χ1) is 16.0. The Bertz CT molecular complexity index is 1410. The lowest BCUT2D eigenvalue weighted by Crippen LogP contribution is -2.48. The SMILES string of the molecule is O=c1ccc2ccc(F)c3c2n1CC3(O)CN1CCC(NCc2ccc3snnc3c2)CC1. The van der Waals surface area contributed by atoms with Crippen molar-refractivity contribution in [3.63, 3.8) is 0 Å². The van der Waals surface area contributed by atoms with Crippen LogP contribution in [0.5, 0.6) is 0 Å². The van der Waals surface area contributed by atoms with Gasteiger partial charge in [0.05, 0.1) is 16.8 Å². The molecular weight excluding hydrogens is 441 g/mol. The highest BCUT2D eigenvalue weighted by atomic mass is 32.1. The maximum atomic E-state index is 14.8. The van der Waals surface area contributed by atoms with Gasteiger partial charge >= 0.3 is 0 Å². The molecule has 2 aliphatic heterocycles. The molecule has 9 heteroatoms. The summed E-state index contributed by atoms with van der Waals surface area (Å²) in [6.07, 6.45) is 1.88. The van der Waals surface area contributed by atoms with Crippen LogP contribution in [0.15, 0.2) is 47.3 Å². The van der Waals surface area contributed by atoms with Crippen molar-refractivity contribution in [1.29, 1.82) is 0 Å². The van der Waals surface area contributed by atoms with E-state index >= 15 is 0 Å². The lowest BCUT2D eigenvalue weighted by Gasteiger charge is -2.37. The Balaban J connectivity index is 1.11. The van der Waals surface area contributed by atoms with Gasteiger partial charge in [-0.1, -0.05) is 10.6 Å². The predicted molar refractivity (Wildman–Crippen MR) is 126 cm³/mol. The summed E-state index contributed by atoms with van der Waals surface area (Å²) in [6, 6.07) is 12.8. The number of piperidine rings is 1. The number of β-amino-alcohol motifs (C(OH)–C–C–N with tert-alkyl or cyclic N) is 1. The molecule has 0 saturated carbocycles. The third-order valence-corrected chi connectivity index (χ3v) is 7.67. The fourth-order valence-electron chi connectivity index (χ4n) is 5.30. The van der Waals surface area contributed by atoms with Crippen LogP contribution in [0.25, 0.3) is 21.1 Å². The maximum absolute atomic E-state index is 14.8. The molecule has 7 nitrogen and oxygen atoms in total. The largest absolute Gasteiger partial charge is 0.382 e. The van der Waals surface area contributed by atoms with Gasteiger partial charge in [-0.3, -0.25) is 9.69 Å². The maximum Gasteiger partial charge on any atom is 0.251 e. The second-order valence-corrected chi connectivity index (χ2v) is 9.94. The highest BCUT2D eigenvalue weighted by Gasteiger charge is 2.42. The van der Waals surface area contributed by atoms with E-state index in [0.717, 1.165) is 48.1 Å². The van der Waals surface area contributed by atoms with Gasteiger partial charge in [0.15, 0.2) is 0 Å². The fraction of sp³-hybridized carbons (Fsp3) is 0.375. The summed E-state index contributed by atoms with van der Waals surface area (Å²) in [4.78, 5) is 14.6. The zero-order chi connectivity index (χ0) is 22.6. The first-order valence-corrected chi connectivity index (χ1v) is 12.0. The van der Waals surface area contributed by atoms with E-state index < -0.39 is 11.4 Å². The zero-order valence-corrected chi connectivity index (χ0v) is 18.8. The van der Waals surface area contributed by atoms with Gasteiger partial charge in [0.1, 0.15) is 16.9 Å². The topological polar surface area (TPSA) is 83.3 Å². The lowest BCUT2D eigenvalue weighted by molar-refractivity contribution is -0.0159. The molecule has 2 aromatic carbocycles. The molecule has 1 fully saturated rings. The van der Waals surface area contributed by atoms with Gasteiger partial charge in [0, 0.05) is 30.8 Å². The second kappa shape index (κ2) is 7.95. The van der Waals surface area contributed by atoms with Crippen LogP contribution in [0.1, 0.15) is 24.0 Å². The van der Waals surface area contributed by atoms with Gasteiger partial charge in [0.2, 0.25) is 0 Å². The number of hydrogen-bond acceptors (Lipinski definition) is 7. The first-order valence-electron chi connectivity index (χ1n) is 11.2. The van der Waals surface area contributed by atoms with Crippen LogP contribution in [0.3, 0.4) is 0 Å². The van der Waals surface area contributed by atoms with E-state index in [1.54, 1.807) is 12.1 Å². The number of hydrogen-bond donors (Lipinski definition) is 2. The number of nitrogens with zero attached hydrogens (tertiary/aromatic N) is 4. The van der Waals surface area contributed by atoms with E-state index in [1.807, 2.05) is 0 Å². The lowest BCUT2D eigenvalue weighted by atomic mass is 9.92. The number of aliphatic hydroxyl groups is 1. The Labute approximate surface area is 193 Å². The first kappa shape index (κ1) is 20.9. The molecule has 1 unspecified atom stereocenters. The summed E-state index contributed by atoms with van der Waals surface area (Å²) in [5, 5.41) is 20.0. The molecule has 1 atom stereocenters. The Morgan fingerprint density at radius 3 is 2.85 bits per heavy atom. The van der Waals surface area contributed by atoms with Gasteiger partial charge in [0.25, 0.3) is 5.56 Å². The Morgan fingerprint density at radius 2 is 2.00 bits per heavy atom. The number of fused-ring (bicyclic) bond motifs is 1. The molecule has 2 aromatic heterocycles. The number of aromatic nitrogens is 3. The van der Waals surface area contributed by atoms with Crippen LogP contribution in [0.4, 0.5) is 4.39 Å². The highest BCUT2D eigenvalue weighted by Crippen LogP contribution is 2.38. The number of pyridine rings is 1. The standard InChI is InChI=1S/C24H24FN5O2S/c25-18-4-2-16-3-6-21(31)30-14-24(32,22(18)23(16)30)13-29-9-7-17(8-10-29)26-12-15-1-5-20-19(11-15)27-28-33-20/h1-6,11,17,26,32H,7-10,12-14H2. The number of halogens is 1. The molecule has 0 bridgehead atoms. The van der Waals surface area contributed by atoms with E-state index in [9.17, 15) is 14.3 Å². The minimum atomic E-state index is -1.41. The third-order valence-electron chi connectivity index (χ3n) is 6.96. The van der Waals surface area contributed by atoms with Crippen LogP contribution in [0.2, 0.25) is 0 Å². The highest BCUT2D eigenvalue weighted by molar-refractivity contribution is 7.12. The summed E-state index contributed by atoms with van der Waals surface area (Å²) in [7, 11) is 0. The summed E-state index contributed by atoms with van der Waals surface area (Å²) >= 11 is 1.40. The van der Waals surface area contributed by atoms with Crippen molar-refractivity contribution in [1.82, 2.24) is 24.4 Å². The Morgan fingerprint density at radius 1 is 1.18 bits per heavy atom. The van der Waals surface area contributed by atoms with E-state index in [-0.39, 0.29) is 17.7 Å². The van der Waals surface area contributed by atoms with Crippen molar-refractivity contribution < 1.29 is 9.50 Å². The molecule has 0 radical (unpaired) electrons. The van der Waals surface area contributed by atoms with Crippen molar-refractivity contribution in [2.45, 2.75) is 37.6 Å². The number of nitrogens with one attached hydrogen (secondary N) is 1. The summed E-state index contributed by atoms with van der Waals surface area (Å²) in [6.45, 7) is 2.78. The monoisotopic (exact) mass is 465 g/mol. The molecule has 2 N–H and O–H groups in total. The summed E-state index contributed by atoms with van der Waals surface area (Å²) < 4.78 is 21.4. The van der Waals surface area contributed by atoms with Crippen LogP contribution >= 0.6 is 11.5 Å². The van der Waals surface area contributed by atoms with Crippen LogP contribution in [-0.2, 0) is 18.7 Å². The molecule has 4 heterocycles. The average molecular weight is 466 g/mol. The van der Waals surface area contributed by atoms with E-state index in [2.05, 4.69) is 38.0 Å². The second-order valence-electron chi connectivity index (χ2n) is 9.16. The molecule has 4 aromatic rings. The van der Waals surface area contributed by atoms with Gasteiger partial charge in [-0.2, -0.15) is 0 Å². The quantitative estimate of drug-likeness (QED) is 0.472.